The molecule has 0 aliphatic heterocycles. The van der Waals surface area contributed by atoms with Crippen molar-refractivity contribution in [3.8, 4) is 0 Å². The molecule has 0 fully saturated rings. The first-order valence-corrected chi connectivity index (χ1v) is 3.78. The molecule has 0 aromatic carbocycles. The standard InChI is InChI=1S/C8H3F6NO/c9-4-1-15-6(7(10)11)5(3(4)2-16)8(12,13)14/h1-2,7H. The number of rotatable bonds is 2. The quantitative estimate of drug-likeness (QED) is 0.590. The number of alkyl halides is 5. The fourth-order valence-corrected chi connectivity index (χ4v) is 1.10. The van der Waals surface area contributed by atoms with E-state index >= 15 is 0 Å². The smallest absolute Gasteiger partial charge is 0.298 e. The summed E-state index contributed by atoms with van der Waals surface area (Å²) in [5.74, 6) is -1.59. The Morgan fingerprint density at radius 3 is 2.25 bits per heavy atom. The van der Waals surface area contributed by atoms with Gasteiger partial charge >= 0.3 is 6.18 Å². The number of aromatic nitrogens is 1. The number of hydrogen-bond donors (Lipinski definition) is 0. The van der Waals surface area contributed by atoms with E-state index in [-0.39, 0.29) is 6.20 Å². The first kappa shape index (κ1) is 12.5. The molecule has 0 aliphatic carbocycles. The molecule has 0 N–H and O–H groups in total. The van der Waals surface area contributed by atoms with Crippen molar-refractivity contribution in [3.63, 3.8) is 0 Å². The van der Waals surface area contributed by atoms with Crippen LogP contribution in [0.3, 0.4) is 0 Å². The van der Waals surface area contributed by atoms with Crippen LogP contribution >= 0.6 is 0 Å². The Morgan fingerprint density at radius 2 is 1.88 bits per heavy atom. The van der Waals surface area contributed by atoms with E-state index in [4.69, 9.17) is 0 Å². The number of aldehydes is 1. The highest BCUT2D eigenvalue weighted by Gasteiger charge is 2.40. The lowest BCUT2D eigenvalue weighted by Gasteiger charge is -2.13. The molecule has 2 nitrogen and oxygen atoms in total. The largest absolute Gasteiger partial charge is 0.419 e. The molecule has 88 valence electrons. The van der Waals surface area contributed by atoms with Gasteiger partial charge in [-0.2, -0.15) is 13.2 Å². The first-order valence-electron chi connectivity index (χ1n) is 3.78. The van der Waals surface area contributed by atoms with Crippen molar-refractivity contribution in [2.75, 3.05) is 0 Å². The van der Waals surface area contributed by atoms with Gasteiger partial charge in [0, 0.05) is 0 Å². The number of pyridine rings is 1. The lowest BCUT2D eigenvalue weighted by Crippen LogP contribution is -2.16. The fourth-order valence-electron chi connectivity index (χ4n) is 1.10. The first-order chi connectivity index (χ1) is 7.29. The lowest BCUT2D eigenvalue weighted by atomic mass is 10.1. The summed E-state index contributed by atoms with van der Waals surface area (Å²) >= 11 is 0. The van der Waals surface area contributed by atoms with Gasteiger partial charge < -0.3 is 0 Å². The summed E-state index contributed by atoms with van der Waals surface area (Å²) in [4.78, 5) is 12.9. The van der Waals surface area contributed by atoms with E-state index in [1.807, 2.05) is 0 Å². The van der Waals surface area contributed by atoms with Crippen LogP contribution in [0.25, 0.3) is 0 Å². The molecule has 0 amide bonds. The third kappa shape index (κ3) is 2.15. The zero-order chi connectivity index (χ0) is 12.5. The number of carbonyl (C=O) groups excluding carboxylic acids is 1. The van der Waals surface area contributed by atoms with Crippen LogP contribution < -0.4 is 0 Å². The van der Waals surface area contributed by atoms with E-state index < -0.39 is 41.5 Å². The molecule has 0 bridgehead atoms. The van der Waals surface area contributed by atoms with Crippen molar-refractivity contribution in [2.45, 2.75) is 12.6 Å². The lowest BCUT2D eigenvalue weighted by molar-refractivity contribution is -0.140. The van der Waals surface area contributed by atoms with Gasteiger partial charge in [-0.3, -0.25) is 9.78 Å². The highest BCUT2D eigenvalue weighted by molar-refractivity contribution is 5.78. The van der Waals surface area contributed by atoms with Crippen LogP contribution in [0.5, 0.6) is 0 Å². The van der Waals surface area contributed by atoms with Crippen molar-refractivity contribution >= 4 is 6.29 Å². The normalized spacial score (nSPS) is 11.9. The summed E-state index contributed by atoms with van der Waals surface area (Å²) in [6, 6.07) is 0. The molecule has 0 radical (unpaired) electrons. The van der Waals surface area contributed by atoms with Gasteiger partial charge in [-0.25, -0.2) is 13.2 Å². The summed E-state index contributed by atoms with van der Waals surface area (Å²) < 4.78 is 74.2. The maximum atomic E-state index is 12.8. The zero-order valence-electron chi connectivity index (χ0n) is 7.36. The van der Waals surface area contributed by atoms with Crippen molar-refractivity contribution in [1.82, 2.24) is 4.98 Å². The summed E-state index contributed by atoms with van der Waals surface area (Å²) in [6.45, 7) is 0. The number of hydrogen-bond acceptors (Lipinski definition) is 2. The Hall–Kier alpha value is -1.60. The topological polar surface area (TPSA) is 30.0 Å². The minimum Gasteiger partial charge on any atom is -0.298 e. The maximum absolute atomic E-state index is 12.8. The van der Waals surface area contributed by atoms with E-state index in [2.05, 4.69) is 4.98 Å². The van der Waals surface area contributed by atoms with Gasteiger partial charge in [0.25, 0.3) is 6.43 Å². The predicted octanol–water partition coefficient (Wildman–Crippen LogP) is 2.99. The van der Waals surface area contributed by atoms with Crippen LogP contribution in [0.15, 0.2) is 6.20 Å². The molecule has 0 saturated heterocycles. The summed E-state index contributed by atoms with van der Waals surface area (Å²) in [5, 5.41) is 0. The van der Waals surface area contributed by atoms with Gasteiger partial charge in [0.2, 0.25) is 0 Å². The SMILES string of the molecule is O=Cc1c(F)cnc(C(F)F)c1C(F)(F)F. The fraction of sp³-hybridized carbons (Fsp3) is 0.250. The van der Waals surface area contributed by atoms with Crippen molar-refractivity contribution in [3.05, 3.63) is 28.8 Å². The second kappa shape index (κ2) is 4.11. The third-order valence-electron chi connectivity index (χ3n) is 1.71. The Bertz CT molecular complexity index is 414. The van der Waals surface area contributed by atoms with E-state index in [0.29, 0.717) is 0 Å². The van der Waals surface area contributed by atoms with Gasteiger partial charge in [0.15, 0.2) is 12.1 Å². The number of carbonyl (C=O) groups is 1. The molecular formula is C8H3F6NO. The minimum absolute atomic E-state index is 0.153. The molecule has 1 aromatic rings. The van der Waals surface area contributed by atoms with Gasteiger partial charge in [-0.15, -0.1) is 0 Å². The molecule has 0 aliphatic rings. The van der Waals surface area contributed by atoms with Gasteiger partial charge in [0.1, 0.15) is 5.69 Å². The Balaban J connectivity index is 3.61. The van der Waals surface area contributed by atoms with Crippen molar-refractivity contribution in [2.24, 2.45) is 0 Å². The molecular weight excluding hydrogens is 240 g/mol. The second-order valence-electron chi connectivity index (χ2n) is 2.70. The zero-order valence-corrected chi connectivity index (χ0v) is 7.36. The van der Waals surface area contributed by atoms with Crippen LogP contribution in [0.4, 0.5) is 26.3 Å². The molecule has 0 spiro atoms. The van der Waals surface area contributed by atoms with Gasteiger partial charge in [-0.05, 0) is 0 Å². The van der Waals surface area contributed by atoms with E-state index in [9.17, 15) is 31.1 Å². The predicted molar refractivity (Wildman–Crippen MR) is 39.5 cm³/mol. The molecule has 1 aromatic heterocycles. The average Bonchev–Trinajstić information content (AvgIpc) is 2.15. The summed E-state index contributed by atoms with van der Waals surface area (Å²) in [6.07, 6.45) is -9.13. The van der Waals surface area contributed by atoms with Crippen LogP contribution in [-0.4, -0.2) is 11.3 Å². The van der Waals surface area contributed by atoms with E-state index in [1.165, 1.54) is 0 Å². The van der Waals surface area contributed by atoms with Gasteiger partial charge in [0.05, 0.1) is 17.3 Å². The molecule has 16 heavy (non-hydrogen) atoms. The van der Waals surface area contributed by atoms with Crippen LogP contribution in [0.2, 0.25) is 0 Å². The Morgan fingerprint density at radius 1 is 1.31 bits per heavy atom. The second-order valence-corrected chi connectivity index (χ2v) is 2.70. The van der Waals surface area contributed by atoms with E-state index in [0.717, 1.165) is 0 Å². The number of halogens is 6. The Kier molecular flexibility index (Phi) is 3.20. The molecule has 0 atom stereocenters. The van der Waals surface area contributed by atoms with Crippen LogP contribution in [0, 0.1) is 5.82 Å². The summed E-state index contributed by atoms with van der Waals surface area (Å²) in [7, 11) is 0. The van der Waals surface area contributed by atoms with Gasteiger partial charge in [-0.1, -0.05) is 0 Å². The Labute approximate surface area is 84.9 Å². The molecule has 8 heteroatoms. The van der Waals surface area contributed by atoms with Crippen LogP contribution in [0.1, 0.15) is 28.0 Å². The highest BCUT2D eigenvalue weighted by atomic mass is 19.4. The average molecular weight is 243 g/mol. The number of nitrogens with zero attached hydrogens (tertiary/aromatic N) is 1. The third-order valence-corrected chi connectivity index (χ3v) is 1.71. The van der Waals surface area contributed by atoms with Crippen molar-refractivity contribution in [1.29, 1.82) is 0 Å². The summed E-state index contributed by atoms with van der Waals surface area (Å²) in [5.41, 5.74) is -5.15. The monoisotopic (exact) mass is 243 g/mol. The minimum atomic E-state index is -5.27. The van der Waals surface area contributed by atoms with Crippen LogP contribution in [-0.2, 0) is 6.18 Å². The molecule has 1 heterocycles. The maximum Gasteiger partial charge on any atom is 0.419 e. The van der Waals surface area contributed by atoms with Crippen molar-refractivity contribution < 1.29 is 31.1 Å². The highest BCUT2D eigenvalue weighted by Crippen LogP contribution is 2.37. The molecule has 1 rings (SSSR count). The van der Waals surface area contributed by atoms with E-state index in [1.54, 1.807) is 0 Å². The molecule has 0 unspecified atom stereocenters. The molecule has 0 saturated carbocycles.